The average molecular weight is 178 g/mol. The Balaban J connectivity index is 2.52. The Hall–Kier alpha value is -1.22. The Kier molecular flexibility index (Phi) is 3.41. The van der Waals surface area contributed by atoms with Crippen molar-refractivity contribution in [3.8, 4) is 0 Å². The summed E-state index contributed by atoms with van der Waals surface area (Å²) in [6, 6.07) is 9.68. The highest BCUT2D eigenvalue weighted by Gasteiger charge is 1.84. The second kappa shape index (κ2) is 4.62. The van der Waals surface area contributed by atoms with Gasteiger partial charge in [-0.2, -0.15) is 0 Å². The largest absolute Gasteiger partial charge is 0.393 e. The molecule has 0 heterocycles. The Morgan fingerprint density at radius 2 is 2.08 bits per heavy atom. The Morgan fingerprint density at radius 1 is 1.42 bits per heavy atom. The van der Waals surface area contributed by atoms with Gasteiger partial charge in [-0.05, 0) is 12.1 Å². The van der Waals surface area contributed by atoms with Crippen molar-refractivity contribution in [2.24, 2.45) is 10.7 Å². The standard InChI is InChI=1S/C9H10N2S/c10-9(12)6-7-11-8-4-2-1-3-5-8/h1-5,7H,6H2,(H2,10,12). The number of nitrogens with two attached hydrogens (primary N) is 1. The van der Waals surface area contributed by atoms with Crippen LogP contribution in [-0.4, -0.2) is 11.2 Å². The summed E-state index contributed by atoms with van der Waals surface area (Å²) < 4.78 is 0. The molecule has 1 rings (SSSR count). The maximum absolute atomic E-state index is 5.30. The number of hydrogen-bond acceptors (Lipinski definition) is 2. The molecule has 2 nitrogen and oxygen atoms in total. The number of aliphatic imine (C=N–C) groups is 1. The smallest absolute Gasteiger partial charge is 0.0781 e. The first kappa shape index (κ1) is 8.87. The predicted octanol–water partition coefficient (Wildman–Crippen LogP) is 2.07. The molecule has 0 saturated carbocycles. The van der Waals surface area contributed by atoms with Gasteiger partial charge in [-0.15, -0.1) is 0 Å². The van der Waals surface area contributed by atoms with Crippen molar-refractivity contribution in [1.82, 2.24) is 0 Å². The van der Waals surface area contributed by atoms with Crippen LogP contribution in [0, 0.1) is 0 Å². The van der Waals surface area contributed by atoms with E-state index in [9.17, 15) is 0 Å². The van der Waals surface area contributed by atoms with Gasteiger partial charge in [0.15, 0.2) is 0 Å². The van der Waals surface area contributed by atoms with E-state index in [-0.39, 0.29) is 0 Å². The lowest BCUT2D eigenvalue weighted by Gasteiger charge is -1.90. The summed E-state index contributed by atoms with van der Waals surface area (Å²) in [7, 11) is 0. The van der Waals surface area contributed by atoms with Gasteiger partial charge < -0.3 is 5.73 Å². The van der Waals surface area contributed by atoms with E-state index in [2.05, 4.69) is 4.99 Å². The van der Waals surface area contributed by atoms with Gasteiger partial charge >= 0.3 is 0 Å². The molecule has 0 aromatic heterocycles. The number of benzene rings is 1. The zero-order valence-electron chi connectivity index (χ0n) is 6.60. The van der Waals surface area contributed by atoms with E-state index >= 15 is 0 Å². The maximum Gasteiger partial charge on any atom is 0.0781 e. The second-order valence-corrected chi connectivity index (χ2v) is 2.84. The van der Waals surface area contributed by atoms with Gasteiger partial charge in [-0.3, -0.25) is 4.99 Å². The first-order valence-electron chi connectivity index (χ1n) is 3.65. The van der Waals surface area contributed by atoms with Crippen LogP contribution in [0.4, 0.5) is 5.69 Å². The van der Waals surface area contributed by atoms with Crippen LogP contribution in [0.15, 0.2) is 35.3 Å². The Bertz CT molecular complexity index is 280. The fourth-order valence-electron chi connectivity index (χ4n) is 0.755. The van der Waals surface area contributed by atoms with Crippen molar-refractivity contribution in [3.63, 3.8) is 0 Å². The lowest BCUT2D eigenvalue weighted by Crippen LogP contribution is -2.07. The highest BCUT2D eigenvalue weighted by atomic mass is 32.1. The minimum absolute atomic E-state index is 0.467. The van der Waals surface area contributed by atoms with E-state index < -0.39 is 0 Å². The van der Waals surface area contributed by atoms with Crippen molar-refractivity contribution in [2.75, 3.05) is 0 Å². The molecule has 1 aromatic carbocycles. The third kappa shape index (κ3) is 3.25. The molecule has 0 aliphatic carbocycles. The van der Waals surface area contributed by atoms with Crippen molar-refractivity contribution in [1.29, 1.82) is 0 Å². The highest BCUT2D eigenvalue weighted by molar-refractivity contribution is 7.80. The highest BCUT2D eigenvalue weighted by Crippen LogP contribution is 2.08. The van der Waals surface area contributed by atoms with Crippen molar-refractivity contribution in [2.45, 2.75) is 6.42 Å². The van der Waals surface area contributed by atoms with Crippen LogP contribution in [0.1, 0.15) is 6.42 Å². The van der Waals surface area contributed by atoms with Gasteiger partial charge in [-0.25, -0.2) is 0 Å². The zero-order valence-corrected chi connectivity index (χ0v) is 7.42. The molecule has 0 atom stereocenters. The topological polar surface area (TPSA) is 38.4 Å². The van der Waals surface area contributed by atoms with Crippen LogP contribution in [0.2, 0.25) is 0 Å². The van der Waals surface area contributed by atoms with Crippen LogP contribution >= 0.6 is 12.2 Å². The molecular formula is C9H10N2S. The molecule has 1 aromatic rings. The summed E-state index contributed by atoms with van der Waals surface area (Å²) >= 11 is 4.70. The molecule has 0 saturated heterocycles. The van der Waals surface area contributed by atoms with Crippen LogP contribution in [-0.2, 0) is 0 Å². The van der Waals surface area contributed by atoms with Gasteiger partial charge in [0, 0.05) is 12.6 Å². The summed E-state index contributed by atoms with van der Waals surface area (Å²) in [4.78, 5) is 4.62. The van der Waals surface area contributed by atoms with E-state index in [1.54, 1.807) is 6.21 Å². The molecule has 2 N–H and O–H groups in total. The fraction of sp³-hybridized carbons (Fsp3) is 0.111. The van der Waals surface area contributed by atoms with Gasteiger partial charge in [0.25, 0.3) is 0 Å². The molecule has 0 aliphatic rings. The maximum atomic E-state index is 5.30. The quantitative estimate of drug-likeness (QED) is 0.568. The molecule has 3 heteroatoms. The van der Waals surface area contributed by atoms with E-state index in [4.69, 9.17) is 18.0 Å². The first-order chi connectivity index (χ1) is 5.79. The molecule has 0 radical (unpaired) electrons. The van der Waals surface area contributed by atoms with Crippen LogP contribution in [0.25, 0.3) is 0 Å². The van der Waals surface area contributed by atoms with E-state index in [1.165, 1.54) is 0 Å². The molecular weight excluding hydrogens is 168 g/mol. The summed E-state index contributed by atoms with van der Waals surface area (Å²) in [6.45, 7) is 0. The molecule has 0 amide bonds. The minimum atomic E-state index is 0.467. The van der Waals surface area contributed by atoms with Crippen LogP contribution in [0.3, 0.4) is 0 Å². The Morgan fingerprint density at radius 3 is 2.67 bits per heavy atom. The van der Waals surface area contributed by atoms with Crippen LogP contribution in [0.5, 0.6) is 0 Å². The summed E-state index contributed by atoms with van der Waals surface area (Å²) in [5.41, 5.74) is 6.22. The summed E-state index contributed by atoms with van der Waals surface area (Å²) in [5.74, 6) is 0. The molecule has 0 unspecified atom stereocenters. The summed E-state index contributed by atoms with van der Waals surface area (Å²) in [5, 5.41) is 0. The zero-order chi connectivity index (χ0) is 8.81. The molecule has 0 bridgehead atoms. The Labute approximate surface area is 77.1 Å². The molecule has 0 fully saturated rings. The van der Waals surface area contributed by atoms with Crippen molar-refractivity contribution >= 4 is 29.1 Å². The summed E-state index contributed by atoms with van der Waals surface area (Å²) in [6.07, 6.45) is 2.28. The van der Waals surface area contributed by atoms with E-state index in [0.29, 0.717) is 11.4 Å². The van der Waals surface area contributed by atoms with E-state index in [1.807, 2.05) is 30.3 Å². The third-order valence-corrected chi connectivity index (χ3v) is 1.46. The number of rotatable bonds is 3. The second-order valence-electron chi connectivity index (χ2n) is 2.32. The van der Waals surface area contributed by atoms with E-state index in [0.717, 1.165) is 5.69 Å². The predicted molar refractivity (Wildman–Crippen MR) is 56.0 cm³/mol. The average Bonchev–Trinajstić information content (AvgIpc) is 2.05. The lowest BCUT2D eigenvalue weighted by molar-refractivity contribution is 1.49. The van der Waals surface area contributed by atoms with Gasteiger partial charge in [0.1, 0.15) is 0 Å². The molecule has 0 spiro atoms. The van der Waals surface area contributed by atoms with Crippen molar-refractivity contribution < 1.29 is 0 Å². The van der Waals surface area contributed by atoms with Gasteiger partial charge in [0.05, 0.1) is 10.7 Å². The minimum Gasteiger partial charge on any atom is -0.393 e. The third-order valence-electron chi connectivity index (χ3n) is 1.29. The number of thiocarbonyl (C=S) groups is 1. The molecule has 12 heavy (non-hydrogen) atoms. The van der Waals surface area contributed by atoms with Crippen molar-refractivity contribution in [3.05, 3.63) is 30.3 Å². The van der Waals surface area contributed by atoms with Gasteiger partial charge in [0.2, 0.25) is 0 Å². The number of hydrogen-bond donors (Lipinski definition) is 1. The monoisotopic (exact) mass is 178 g/mol. The SMILES string of the molecule is NC(=S)CC=Nc1ccccc1. The molecule has 0 aliphatic heterocycles. The number of nitrogens with zero attached hydrogens (tertiary/aromatic N) is 1. The van der Waals surface area contributed by atoms with Gasteiger partial charge in [-0.1, -0.05) is 30.4 Å². The normalized spacial score (nSPS) is 10.3. The first-order valence-corrected chi connectivity index (χ1v) is 4.06. The lowest BCUT2D eigenvalue weighted by atomic mass is 10.3. The fourth-order valence-corrected chi connectivity index (χ4v) is 0.830. The number of para-hydroxylation sites is 1. The molecule has 62 valence electrons. The van der Waals surface area contributed by atoms with Crippen LogP contribution < -0.4 is 5.73 Å².